The first-order chi connectivity index (χ1) is 14.0. The number of para-hydroxylation sites is 1. The van der Waals surface area contributed by atoms with E-state index in [1.54, 1.807) is 4.68 Å². The van der Waals surface area contributed by atoms with Crippen molar-refractivity contribution in [3.8, 4) is 5.69 Å². The molecule has 0 unspecified atom stereocenters. The minimum Gasteiger partial charge on any atom is -0.371 e. The normalized spacial score (nSPS) is 12.0. The molecule has 0 bridgehead atoms. The van der Waals surface area contributed by atoms with E-state index in [9.17, 15) is 0 Å². The summed E-state index contributed by atoms with van der Waals surface area (Å²) in [7, 11) is 0. The Labute approximate surface area is 182 Å². The Morgan fingerprint density at radius 2 is 1.62 bits per heavy atom. The van der Waals surface area contributed by atoms with Gasteiger partial charge in [0.25, 0.3) is 0 Å². The molecule has 1 heterocycles. The van der Waals surface area contributed by atoms with E-state index in [1.165, 1.54) is 0 Å². The van der Waals surface area contributed by atoms with E-state index in [2.05, 4.69) is 62.8 Å². The van der Waals surface area contributed by atoms with E-state index in [4.69, 9.17) is 11.6 Å². The molecule has 1 atom stereocenters. The zero-order chi connectivity index (χ0) is 20.4. The van der Waals surface area contributed by atoms with Crippen LogP contribution in [0.4, 0.5) is 5.69 Å². The highest BCUT2D eigenvalue weighted by molar-refractivity contribution is 9.10. The summed E-state index contributed by atoms with van der Waals surface area (Å²) >= 11 is 10.0. The highest BCUT2D eigenvalue weighted by Gasteiger charge is 2.25. The molecule has 7 heteroatoms. The molecular weight excluding hydrogens is 450 g/mol. The summed E-state index contributed by atoms with van der Waals surface area (Å²) in [4.78, 5) is 0. The van der Waals surface area contributed by atoms with Gasteiger partial charge in [-0.3, -0.25) is 0 Å². The van der Waals surface area contributed by atoms with Gasteiger partial charge >= 0.3 is 0 Å². The number of rotatable bonds is 5. The first-order valence-corrected chi connectivity index (χ1v) is 10.3. The molecule has 4 rings (SSSR count). The second kappa shape index (κ2) is 8.35. The third-order valence-electron chi connectivity index (χ3n) is 4.77. The number of tetrazole rings is 1. The van der Waals surface area contributed by atoms with Gasteiger partial charge in [-0.1, -0.05) is 63.9 Å². The fraction of sp³-hybridized carbons (Fsp3) is 0.136. The minimum absolute atomic E-state index is 0.334. The molecule has 0 amide bonds. The lowest BCUT2D eigenvalue weighted by atomic mass is 10.0. The average molecular weight is 469 g/mol. The van der Waals surface area contributed by atoms with Crippen molar-refractivity contribution in [2.75, 3.05) is 5.32 Å². The number of nitrogens with one attached hydrogen (secondary N) is 1. The molecule has 3 aromatic carbocycles. The lowest BCUT2D eigenvalue weighted by Gasteiger charge is -2.22. The number of nitrogens with zero attached hydrogens (tertiary/aromatic N) is 4. The van der Waals surface area contributed by atoms with Crippen molar-refractivity contribution in [1.29, 1.82) is 0 Å². The SMILES string of the molecule is Cc1cccc(C)c1-n1nnnc1[C@H](Nc1ccc(Br)cc1)c1ccccc1Cl. The van der Waals surface area contributed by atoms with E-state index >= 15 is 0 Å². The highest BCUT2D eigenvalue weighted by atomic mass is 79.9. The number of aryl methyl sites for hydroxylation is 2. The maximum Gasteiger partial charge on any atom is 0.183 e. The number of aromatic nitrogens is 4. The number of anilines is 1. The monoisotopic (exact) mass is 467 g/mol. The van der Waals surface area contributed by atoms with Crippen LogP contribution in [0.15, 0.2) is 71.2 Å². The van der Waals surface area contributed by atoms with Crippen LogP contribution in [0.3, 0.4) is 0 Å². The quantitative estimate of drug-likeness (QED) is 0.396. The van der Waals surface area contributed by atoms with Gasteiger partial charge in [-0.25, -0.2) is 0 Å². The summed E-state index contributed by atoms with van der Waals surface area (Å²) < 4.78 is 2.81. The number of halogens is 2. The third-order valence-corrected chi connectivity index (χ3v) is 5.65. The molecule has 0 aliphatic carbocycles. The summed E-state index contributed by atoms with van der Waals surface area (Å²) in [5, 5.41) is 16.9. The Kier molecular flexibility index (Phi) is 5.65. The maximum atomic E-state index is 6.56. The Morgan fingerprint density at radius 3 is 2.31 bits per heavy atom. The lowest BCUT2D eigenvalue weighted by Crippen LogP contribution is -2.19. The van der Waals surface area contributed by atoms with Crippen LogP contribution in [0, 0.1) is 13.8 Å². The third kappa shape index (κ3) is 4.04. The van der Waals surface area contributed by atoms with Crippen LogP contribution in [0.2, 0.25) is 5.02 Å². The largest absolute Gasteiger partial charge is 0.371 e. The minimum atomic E-state index is -0.334. The number of benzene rings is 3. The van der Waals surface area contributed by atoms with E-state index < -0.39 is 0 Å². The van der Waals surface area contributed by atoms with E-state index in [0.717, 1.165) is 32.5 Å². The van der Waals surface area contributed by atoms with Gasteiger partial charge in [-0.2, -0.15) is 4.68 Å². The molecule has 0 aliphatic rings. The van der Waals surface area contributed by atoms with Gasteiger partial charge in [0.15, 0.2) is 5.82 Å². The van der Waals surface area contributed by atoms with Crippen LogP contribution < -0.4 is 5.32 Å². The number of hydrogen-bond donors (Lipinski definition) is 1. The summed E-state index contributed by atoms with van der Waals surface area (Å²) in [5.74, 6) is 0.665. The first-order valence-electron chi connectivity index (χ1n) is 9.16. The van der Waals surface area contributed by atoms with Crippen molar-refractivity contribution in [1.82, 2.24) is 20.2 Å². The van der Waals surface area contributed by atoms with Gasteiger partial charge in [-0.05, 0) is 65.7 Å². The van der Waals surface area contributed by atoms with Crippen molar-refractivity contribution in [3.05, 3.63) is 98.7 Å². The molecule has 0 radical (unpaired) electrons. The van der Waals surface area contributed by atoms with Crippen molar-refractivity contribution >= 4 is 33.2 Å². The van der Waals surface area contributed by atoms with E-state index in [-0.39, 0.29) is 6.04 Å². The lowest BCUT2D eigenvalue weighted by molar-refractivity contribution is 0.731. The second-order valence-electron chi connectivity index (χ2n) is 6.80. The van der Waals surface area contributed by atoms with Crippen LogP contribution >= 0.6 is 27.5 Å². The van der Waals surface area contributed by atoms with Crippen molar-refractivity contribution < 1.29 is 0 Å². The molecular formula is C22H19BrClN5. The topological polar surface area (TPSA) is 55.6 Å². The molecule has 5 nitrogen and oxygen atoms in total. The molecule has 146 valence electrons. The first kappa shape index (κ1) is 19.6. The van der Waals surface area contributed by atoms with Crippen molar-refractivity contribution in [3.63, 3.8) is 0 Å². The van der Waals surface area contributed by atoms with Crippen LogP contribution in [-0.2, 0) is 0 Å². The van der Waals surface area contributed by atoms with Crippen LogP contribution in [0.5, 0.6) is 0 Å². The van der Waals surface area contributed by atoms with Gasteiger partial charge in [0.2, 0.25) is 0 Å². The summed E-state index contributed by atoms with van der Waals surface area (Å²) in [5.41, 5.74) is 5.01. The molecule has 0 spiro atoms. The Hall–Kier alpha value is -2.70. The molecule has 1 aromatic heterocycles. The highest BCUT2D eigenvalue weighted by Crippen LogP contribution is 2.32. The number of hydrogen-bond acceptors (Lipinski definition) is 4. The van der Waals surface area contributed by atoms with Crippen LogP contribution in [-0.4, -0.2) is 20.2 Å². The van der Waals surface area contributed by atoms with Gasteiger partial charge in [0.05, 0.1) is 5.69 Å². The Bertz CT molecular complexity index is 1120. The molecule has 0 saturated carbocycles. The predicted molar refractivity (Wildman–Crippen MR) is 120 cm³/mol. The van der Waals surface area contributed by atoms with Gasteiger partial charge < -0.3 is 5.32 Å². The van der Waals surface area contributed by atoms with Crippen molar-refractivity contribution in [2.24, 2.45) is 0 Å². The summed E-state index contributed by atoms with van der Waals surface area (Å²) in [6, 6.07) is 21.5. The van der Waals surface area contributed by atoms with Crippen molar-refractivity contribution in [2.45, 2.75) is 19.9 Å². The second-order valence-corrected chi connectivity index (χ2v) is 8.12. The molecule has 0 fully saturated rings. The van der Waals surface area contributed by atoms with Gasteiger partial charge in [-0.15, -0.1) is 5.10 Å². The molecule has 29 heavy (non-hydrogen) atoms. The Morgan fingerprint density at radius 1 is 0.931 bits per heavy atom. The molecule has 1 N–H and O–H groups in total. The smallest absolute Gasteiger partial charge is 0.183 e. The average Bonchev–Trinajstić information content (AvgIpc) is 3.17. The zero-order valence-corrected chi connectivity index (χ0v) is 18.3. The Balaban J connectivity index is 1.86. The standard InChI is InChI=1S/C22H19BrClN5/c1-14-6-5-7-15(2)21(14)29-22(26-27-28-29)20(18-8-3-4-9-19(18)24)25-17-12-10-16(23)11-13-17/h3-13,20,25H,1-2H3/t20-/m1/s1. The summed E-state index contributed by atoms with van der Waals surface area (Å²) in [6.45, 7) is 4.11. The zero-order valence-electron chi connectivity index (χ0n) is 16.0. The van der Waals surface area contributed by atoms with E-state index in [0.29, 0.717) is 10.8 Å². The van der Waals surface area contributed by atoms with Gasteiger partial charge in [0.1, 0.15) is 6.04 Å². The molecule has 0 aliphatic heterocycles. The summed E-state index contributed by atoms with van der Waals surface area (Å²) in [6.07, 6.45) is 0. The fourth-order valence-electron chi connectivity index (χ4n) is 3.38. The molecule has 0 saturated heterocycles. The predicted octanol–water partition coefficient (Wildman–Crippen LogP) is 5.90. The van der Waals surface area contributed by atoms with Crippen LogP contribution in [0.25, 0.3) is 5.69 Å². The van der Waals surface area contributed by atoms with Crippen LogP contribution in [0.1, 0.15) is 28.6 Å². The molecule has 4 aromatic rings. The van der Waals surface area contributed by atoms with E-state index in [1.807, 2.05) is 54.6 Å². The van der Waals surface area contributed by atoms with Gasteiger partial charge in [0, 0.05) is 20.7 Å². The maximum absolute atomic E-state index is 6.56. The fourth-order valence-corrected chi connectivity index (χ4v) is 3.89.